The molecule has 10 atom stereocenters. The number of nitrogens with two attached hydrogens (primary N) is 1. The van der Waals surface area contributed by atoms with E-state index < -0.39 is 29.5 Å². The molecule has 0 radical (unpaired) electrons. The Labute approximate surface area is 288 Å². The molecule has 11 heteroatoms. The Kier molecular flexibility index (Phi) is 15.1. The van der Waals surface area contributed by atoms with Crippen LogP contribution in [0.4, 0.5) is 4.79 Å². The van der Waals surface area contributed by atoms with Gasteiger partial charge in [0.1, 0.15) is 11.7 Å². The van der Waals surface area contributed by atoms with E-state index in [4.69, 9.17) is 24.7 Å². The number of aliphatic hydroxyl groups excluding tert-OH is 1. The summed E-state index contributed by atoms with van der Waals surface area (Å²) in [4.78, 5) is 30.4. The van der Waals surface area contributed by atoms with E-state index in [0.717, 1.165) is 25.2 Å². The van der Waals surface area contributed by atoms with Crippen LogP contribution in [0.1, 0.15) is 80.6 Å². The third-order valence-electron chi connectivity index (χ3n) is 10.4. The van der Waals surface area contributed by atoms with Crippen molar-refractivity contribution in [3.63, 3.8) is 0 Å². The summed E-state index contributed by atoms with van der Waals surface area (Å²) in [5, 5.41) is 21.2. The Hall–Kier alpha value is -2.28. The summed E-state index contributed by atoms with van der Waals surface area (Å²) in [7, 11) is 1.63. The first-order chi connectivity index (χ1) is 22.6. The first kappa shape index (κ1) is 40.2. The number of methoxy groups -OCH3 is 1. The van der Waals surface area contributed by atoms with Gasteiger partial charge in [-0.25, -0.2) is 4.79 Å². The molecule has 0 bridgehead atoms. The smallest absolute Gasteiger partial charge is 0.410 e. The fourth-order valence-electron chi connectivity index (χ4n) is 6.70. The van der Waals surface area contributed by atoms with Gasteiger partial charge in [0.2, 0.25) is 0 Å². The highest BCUT2D eigenvalue weighted by Gasteiger charge is 2.47. The normalized spacial score (nSPS) is 34.4. The van der Waals surface area contributed by atoms with Gasteiger partial charge in [-0.2, -0.15) is 0 Å². The van der Waals surface area contributed by atoms with E-state index in [2.05, 4.69) is 4.90 Å². The average molecular weight is 678 g/mol. The number of carbonyl (C=O) groups is 2. The monoisotopic (exact) mass is 677 g/mol. The lowest BCUT2D eigenvalue weighted by Gasteiger charge is -2.38. The molecule has 11 nitrogen and oxygen atoms in total. The number of cyclic esters (lactones) is 1. The van der Waals surface area contributed by atoms with Crippen molar-refractivity contribution in [3.05, 3.63) is 36.0 Å². The summed E-state index contributed by atoms with van der Waals surface area (Å²) >= 11 is 0. The fourth-order valence-corrected chi connectivity index (χ4v) is 6.70. The molecule has 3 rings (SSSR count). The molecule has 2 fully saturated rings. The number of piperazine rings is 1. The summed E-state index contributed by atoms with van der Waals surface area (Å²) < 4.78 is 24.0. The molecule has 0 aliphatic carbocycles. The standard InChI is InChI=1S/C37H63N3O8/c1-9-29(41)28(5)34-30(46-34)24-36(6,44)15-10-11-26(3)33-27(4)12-13-31(37(7,45-8)16-14-25(2)23-32(42)48-33)47-35(43)40-21-19-39(18-17-38)20-22-40/h10-13,15,25,27-31,33-34,41,44H,9,14,16-24,38H2,1-8H3/b13-12+,15-10+,26-11+/t25-,27+,28-,29+,30-,31+,33-,34-,36+,37-/m1/s1. The lowest BCUT2D eigenvalue weighted by molar-refractivity contribution is -0.150. The lowest BCUT2D eigenvalue weighted by Crippen LogP contribution is -2.52. The fraction of sp³-hybridized carbons (Fsp3) is 0.784. The highest BCUT2D eigenvalue weighted by atomic mass is 16.6. The Morgan fingerprint density at radius 2 is 1.94 bits per heavy atom. The molecule has 1 amide bonds. The van der Waals surface area contributed by atoms with Crippen LogP contribution in [0.3, 0.4) is 0 Å². The van der Waals surface area contributed by atoms with Gasteiger partial charge in [0.15, 0.2) is 6.10 Å². The van der Waals surface area contributed by atoms with Crippen LogP contribution in [0.25, 0.3) is 0 Å². The minimum atomic E-state index is -1.12. The number of hydrogen-bond acceptors (Lipinski definition) is 10. The molecule has 3 aliphatic heterocycles. The van der Waals surface area contributed by atoms with Gasteiger partial charge in [0, 0.05) is 71.1 Å². The van der Waals surface area contributed by atoms with E-state index in [9.17, 15) is 19.8 Å². The predicted molar refractivity (Wildman–Crippen MR) is 186 cm³/mol. The molecule has 0 spiro atoms. The van der Waals surface area contributed by atoms with Gasteiger partial charge >= 0.3 is 12.1 Å². The Morgan fingerprint density at radius 3 is 2.56 bits per heavy atom. The second kappa shape index (κ2) is 18.1. The Morgan fingerprint density at radius 1 is 1.25 bits per heavy atom. The first-order valence-electron chi connectivity index (χ1n) is 17.9. The van der Waals surface area contributed by atoms with Crippen LogP contribution in [0.5, 0.6) is 0 Å². The van der Waals surface area contributed by atoms with E-state index in [0.29, 0.717) is 45.3 Å². The number of aliphatic hydroxyl groups is 2. The maximum absolute atomic E-state index is 13.4. The van der Waals surface area contributed by atoms with Gasteiger partial charge in [-0.05, 0) is 57.6 Å². The van der Waals surface area contributed by atoms with Crippen LogP contribution in [-0.4, -0.2) is 120 Å². The van der Waals surface area contributed by atoms with Crippen LogP contribution in [-0.2, 0) is 23.7 Å². The summed E-state index contributed by atoms with van der Waals surface area (Å²) in [5.74, 6) is -0.472. The van der Waals surface area contributed by atoms with Gasteiger partial charge < -0.3 is 39.8 Å². The molecule has 4 N–H and O–H groups in total. The van der Waals surface area contributed by atoms with E-state index in [1.54, 1.807) is 31.1 Å². The number of hydrogen-bond donors (Lipinski definition) is 3. The highest BCUT2D eigenvalue weighted by Crippen LogP contribution is 2.38. The largest absolute Gasteiger partial charge is 0.457 e. The Balaban J connectivity index is 1.76. The molecule has 3 heterocycles. The summed E-state index contributed by atoms with van der Waals surface area (Å²) in [5.41, 5.74) is 4.62. The zero-order chi connectivity index (χ0) is 35.6. The molecule has 3 aliphatic rings. The second-order valence-electron chi connectivity index (χ2n) is 14.7. The van der Waals surface area contributed by atoms with Crippen molar-refractivity contribution in [2.45, 2.75) is 122 Å². The van der Waals surface area contributed by atoms with Crippen molar-refractivity contribution in [1.29, 1.82) is 0 Å². The molecule has 274 valence electrons. The van der Waals surface area contributed by atoms with Crippen molar-refractivity contribution < 1.29 is 38.7 Å². The highest BCUT2D eigenvalue weighted by molar-refractivity contribution is 5.70. The minimum absolute atomic E-state index is 0.0111. The second-order valence-corrected chi connectivity index (χ2v) is 14.7. The molecule has 0 aromatic carbocycles. The minimum Gasteiger partial charge on any atom is -0.457 e. The van der Waals surface area contributed by atoms with Crippen molar-refractivity contribution in [1.82, 2.24) is 9.80 Å². The summed E-state index contributed by atoms with van der Waals surface area (Å²) in [6.45, 7) is 17.6. The van der Waals surface area contributed by atoms with Gasteiger partial charge in [-0.15, -0.1) is 0 Å². The predicted octanol–water partition coefficient (Wildman–Crippen LogP) is 4.22. The molecule has 0 aromatic rings. The number of esters is 1. The van der Waals surface area contributed by atoms with Crippen LogP contribution >= 0.6 is 0 Å². The van der Waals surface area contributed by atoms with Crippen molar-refractivity contribution in [3.8, 4) is 0 Å². The SMILES string of the molecule is CC[C@H](O)[C@@H](C)[C@H]1O[C@@H]1C[C@@](C)(O)/C=C/C=C(\C)[C@H]1OC(=O)C[C@H](C)CC[C@@](C)(OC)[C@@H](OC(=O)N2CCN(CCN)CC2)/C=C/[C@@H]1C. The van der Waals surface area contributed by atoms with Crippen molar-refractivity contribution in [2.24, 2.45) is 23.5 Å². The number of allylic oxidation sites excluding steroid dienone is 2. The summed E-state index contributed by atoms with van der Waals surface area (Å²) in [6, 6.07) is 0. The zero-order valence-electron chi connectivity index (χ0n) is 30.6. The van der Waals surface area contributed by atoms with Crippen LogP contribution in [0.15, 0.2) is 36.0 Å². The molecule has 0 aromatic heterocycles. The molecular weight excluding hydrogens is 614 g/mol. The maximum atomic E-state index is 13.4. The third kappa shape index (κ3) is 11.7. The number of amides is 1. The lowest BCUT2D eigenvalue weighted by atomic mass is 9.86. The topological polar surface area (TPSA) is 147 Å². The molecule has 0 saturated carbocycles. The van der Waals surface area contributed by atoms with E-state index in [-0.39, 0.29) is 48.4 Å². The van der Waals surface area contributed by atoms with Gasteiger partial charge in [0.05, 0.1) is 23.9 Å². The van der Waals surface area contributed by atoms with Gasteiger partial charge in [0.25, 0.3) is 0 Å². The molecule has 48 heavy (non-hydrogen) atoms. The summed E-state index contributed by atoms with van der Waals surface area (Å²) in [6.07, 6.45) is 9.63. The van der Waals surface area contributed by atoms with E-state index >= 15 is 0 Å². The van der Waals surface area contributed by atoms with Crippen LogP contribution in [0, 0.1) is 17.8 Å². The van der Waals surface area contributed by atoms with E-state index in [1.165, 1.54) is 0 Å². The molecule has 0 unspecified atom stereocenters. The van der Waals surface area contributed by atoms with Crippen molar-refractivity contribution >= 4 is 12.1 Å². The number of nitrogens with zero attached hydrogens (tertiary/aromatic N) is 2. The number of ether oxygens (including phenoxy) is 4. The first-order valence-corrected chi connectivity index (χ1v) is 17.9. The van der Waals surface area contributed by atoms with Gasteiger partial charge in [-0.3, -0.25) is 9.69 Å². The Bertz CT molecular complexity index is 1130. The zero-order valence-corrected chi connectivity index (χ0v) is 30.6. The van der Waals surface area contributed by atoms with Gasteiger partial charge in [-0.1, -0.05) is 52.0 Å². The van der Waals surface area contributed by atoms with E-state index in [1.807, 2.05) is 59.8 Å². The van der Waals surface area contributed by atoms with Crippen molar-refractivity contribution in [2.75, 3.05) is 46.4 Å². The number of rotatable bonds is 12. The van der Waals surface area contributed by atoms with Crippen LogP contribution in [0.2, 0.25) is 0 Å². The molecular formula is C37H63N3O8. The number of epoxide rings is 1. The molecule has 2 saturated heterocycles. The number of carbonyl (C=O) groups excluding carboxylic acids is 2. The van der Waals surface area contributed by atoms with Crippen LogP contribution < -0.4 is 5.73 Å². The maximum Gasteiger partial charge on any atom is 0.410 e. The quantitative estimate of drug-likeness (QED) is 0.119. The average Bonchev–Trinajstić information content (AvgIpc) is 3.81. The third-order valence-corrected chi connectivity index (χ3v) is 10.4.